The highest BCUT2D eigenvalue weighted by molar-refractivity contribution is 5.92. The lowest BCUT2D eigenvalue weighted by molar-refractivity contribution is -0.116. The number of aromatic nitrogens is 3. The van der Waals surface area contributed by atoms with Crippen molar-refractivity contribution in [3.63, 3.8) is 0 Å². The average Bonchev–Trinajstić information content (AvgIpc) is 2.69. The maximum Gasteiger partial charge on any atom is 0.332 e. The molecule has 8 heteroatoms. The highest BCUT2D eigenvalue weighted by Crippen LogP contribution is 2.15. The zero-order chi connectivity index (χ0) is 19.6. The number of nitrogens with zero attached hydrogens (tertiary/aromatic N) is 3. The van der Waals surface area contributed by atoms with Crippen LogP contribution in [-0.4, -0.2) is 27.1 Å². The third kappa shape index (κ3) is 3.74. The molecule has 2 heterocycles. The highest BCUT2D eigenvalue weighted by atomic mass is 16.5. The van der Waals surface area contributed by atoms with E-state index in [9.17, 15) is 14.4 Å². The highest BCUT2D eigenvalue weighted by Gasteiger charge is 2.11. The van der Waals surface area contributed by atoms with Gasteiger partial charge in [-0.3, -0.25) is 18.7 Å². The molecule has 0 saturated heterocycles. The number of methoxy groups -OCH3 is 1. The zero-order valence-electron chi connectivity index (χ0n) is 15.4. The van der Waals surface area contributed by atoms with Gasteiger partial charge < -0.3 is 10.1 Å². The summed E-state index contributed by atoms with van der Waals surface area (Å²) in [6.45, 7) is 0. The molecule has 0 aliphatic heterocycles. The van der Waals surface area contributed by atoms with Gasteiger partial charge in [0.05, 0.1) is 24.4 Å². The summed E-state index contributed by atoms with van der Waals surface area (Å²) in [4.78, 5) is 40.6. The van der Waals surface area contributed by atoms with Gasteiger partial charge in [-0.05, 0) is 30.2 Å². The summed E-state index contributed by atoms with van der Waals surface area (Å²) in [5, 5.41) is 3.01. The van der Waals surface area contributed by atoms with E-state index < -0.39 is 11.2 Å². The Morgan fingerprint density at radius 3 is 2.70 bits per heavy atom. The summed E-state index contributed by atoms with van der Waals surface area (Å²) in [5.41, 5.74) is 0.777. The first-order valence-electron chi connectivity index (χ1n) is 8.39. The third-order valence-corrected chi connectivity index (χ3v) is 4.35. The first kappa shape index (κ1) is 18.4. The number of fused-ring (bicyclic) bond motifs is 1. The molecule has 0 unspecified atom stereocenters. The molecule has 0 fully saturated rings. The van der Waals surface area contributed by atoms with E-state index in [0.29, 0.717) is 12.1 Å². The molecular weight excluding hydrogens is 348 g/mol. The van der Waals surface area contributed by atoms with Gasteiger partial charge in [0.1, 0.15) is 11.4 Å². The molecule has 0 saturated carbocycles. The number of amides is 1. The molecule has 27 heavy (non-hydrogen) atoms. The average molecular weight is 368 g/mol. The van der Waals surface area contributed by atoms with Crippen LogP contribution in [0.4, 0.5) is 5.69 Å². The number of carbonyl (C=O) groups excluding carboxylic acids is 1. The van der Waals surface area contributed by atoms with Crippen molar-refractivity contribution in [1.29, 1.82) is 0 Å². The molecule has 0 radical (unpaired) electrons. The molecule has 1 aromatic carbocycles. The summed E-state index contributed by atoms with van der Waals surface area (Å²) in [6.07, 6.45) is 2.27. The van der Waals surface area contributed by atoms with Gasteiger partial charge in [-0.1, -0.05) is 12.1 Å². The number of benzene rings is 1. The largest absolute Gasteiger partial charge is 0.497 e. The van der Waals surface area contributed by atoms with Crippen molar-refractivity contribution >= 4 is 22.6 Å². The second kappa shape index (κ2) is 7.45. The fourth-order valence-electron chi connectivity index (χ4n) is 2.84. The number of pyridine rings is 1. The molecule has 0 atom stereocenters. The Balaban J connectivity index is 1.77. The second-order valence-corrected chi connectivity index (χ2v) is 6.20. The van der Waals surface area contributed by atoms with Gasteiger partial charge in [0, 0.05) is 20.5 Å². The Morgan fingerprint density at radius 1 is 1.19 bits per heavy atom. The summed E-state index contributed by atoms with van der Waals surface area (Å²) in [7, 11) is 4.55. The number of nitrogens with one attached hydrogen (secondary N) is 1. The van der Waals surface area contributed by atoms with Crippen molar-refractivity contribution < 1.29 is 9.53 Å². The number of rotatable bonds is 5. The Hall–Kier alpha value is -3.42. The number of ether oxygens (including phenoxy) is 1. The predicted molar refractivity (Wildman–Crippen MR) is 102 cm³/mol. The van der Waals surface area contributed by atoms with Gasteiger partial charge in [-0.15, -0.1) is 0 Å². The number of carbonyl (C=O) groups is 1. The van der Waals surface area contributed by atoms with Crippen LogP contribution in [0.3, 0.4) is 0 Å². The van der Waals surface area contributed by atoms with Crippen LogP contribution in [0.5, 0.6) is 5.75 Å². The lowest BCUT2D eigenvalue weighted by Crippen LogP contribution is -2.37. The molecule has 3 aromatic rings. The smallest absolute Gasteiger partial charge is 0.332 e. The van der Waals surface area contributed by atoms with Crippen molar-refractivity contribution in [3.8, 4) is 5.75 Å². The van der Waals surface area contributed by atoms with Gasteiger partial charge in [-0.25, -0.2) is 9.78 Å². The first-order chi connectivity index (χ1) is 12.9. The Bertz CT molecular complexity index is 1130. The fraction of sp³-hybridized carbons (Fsp3) is 0.263. The quantitative estimate of drug-likeness (QED) is 0.730. The van der Waals surface area contributed by atoms with Crippen LogP contribution < -0.4 is 21.3 Å². The van der Waals surface area contributed by atoms with Gasteiger partial charge in [0.2, 0.25) is 5.91 Å². The Morgan fingerprint density at radius 2 is 1.96 bits per heavy atom. The molecule has 1 amide bonds. The van der Waals surface area contributed by atoms with Crippen LogP contribution >= 0.6 is 0 Å². The topological polar surface area (TPSA) is 95.2 Å². The van der Waals surface area contributed by atoms with E-state index in [1.165, 1.54) is 23.9 Å². The SMILES string of the molecule is COc1cccc(CCC(=O)Nc2cnc3c(c2)c(=O)n(C)c(=O)n3C)c1. The molecule has 0 bridgehead atoms. The van der Waals surface area contributed by atoms with Crippen molar-refractivity contribution in [3.05, 3.63) is 62.9 Å². The van der Waals surface area contributed by atoms with Gasteiger partial charge in [0.15, 0.2) is 0 Å². The van der Waals surface area contributed by atoms with Gasteiger partial charge >= 0.3 is 5.69 Å². The van der Waals surface area contributed by atoms with E-state index in [4.69, 9.17) is 4.74 Å². The van der Waals surface area contributed by atoms with E-state index in [0.717, 1.165) is 15.9 Å². The van der Waals surface area contributed by atoms with E-state index in [1.54, 1.807) is 14.2 Å². The molecule has 140 valence electrons. The lowest BCUT2D eigenvalue weighted by Gasteiger charge is -2.09. The maximum atomic E-state index is 12.3. The molecule has 2 aromatic heterocycles. The van der Waals surface area contributed by atoms with Crippen LogP contribution in [0.15, 0.2) is 46.1 Å². The molecular formula is C19H20N4O4. The van der Waals surface area contributed by atoms with E-state index in [-0.39, 0.29) is 23.4 Å². The molecule has 8 nitrogen and oxygen atoms in total. The van der Waals surface area contributed by atoms with Crippen LogP contribution in [0, 0.1) is 0 Å². The van der Waals surface area contributed by atoms with Gasteiger partial charge in [0.25, 0.3) is 5.56 Å². The Kier molecular flexibility index (Phi) is 5.07. The molecule has 1 N–H and O–H groups in total. The second-order valence-electron chi connectivity index (χ2n) is 6.20. The minimum atomic E-state index is -0.451. The fourth-order valence-corrected chi connectivity index (χ4v) is 2.84. The predicted octanol–water partition coefficient (Wildman–Crippen LogP) is 1.21. The molecule has 0 aliphatic carbocycles. The van der Waals surface area contributed by atoms with Crippen molar-refractivity contribution in [1.82, 2.24) is 14.1 Å². The minimum absolute atomic E-state index is 0.194. The monoisotopic (exact) mass is 368 g/mol. The molecule has 3 rings (SSSR count). The third-order valence-electron chi connectivity index (χ3n) is 4.35. The van der Waals surface area contributed by atoms with Crippen LogP contribution in [0.25, 0.3) is 11.0 Å². The van der Waals surface area contributed by atoms with Crippen LogP contribution in [0.2, 0.25) is 0 Å². The number of aryl methyl sites for hydroxylation is 2. The van der Waals surface area contributed by atoms with Crippen LogP contribution in [0.1, 0.15) is 12.0 Å². The molecule has 0 spiro atoms. The van der Waals surface area contributed by atoms with Crippen molar-refractivity contribution in [2.24, 2.45) is 14.1 Å². The standard InChI is InChI=1S/C19H20N4O4/c1-22-17-15(18(25)23(2)19(22)26)10-13(11-20-17)21-16(24)8-7-12-5-4-6-14(9-12)27-3/h4-6,9-11H,7-8H2,1-3H3,(H,21,24). The van der Waals surface area contributed by atoms with Crippen LogP contribution in [-0.2, 0) is 25.3 Å². The summed E-state index contributed by atoms with van der Waals surface area (Å²) >= 11 is 0. The summed E-state index contributed by atoms with van der Waals surface area (Å²) in [5.74, 6) is 0.550. The Labute approximate surface area is 155 Å². The van der Waals surface area contributed by atoms with E-state index in [2.05, 4.69) is 10.3 Å². The van der Waals surface area contributed by atoms with Crippen molar-refractivity contribution in [2.75, 3.05) is 12.4 Å². The number of hydrogen-bond acceptors (Lipinski definition) is 5. The van der Waals surface area contributed by atoms with E-state index in [1.807, 2.05) is 24.3 Å². The van der Waals surface area contributed by atoms with E-state index >= 15 is 0 Å². The van der Waals surface area contributed by atoms with Gasteiger partial charge in [-0.2, -0.15) is 0 Å². The van der Waals surface area contributed by atoms with Crippen molar-refractivity contribution in [2.45, 2.75) is 12.8 Å². The normalized spacial score (nSPS) is 10.8. The molecule has 0 aliphatic rings. The first-order valence-corrected chi connectivity index (χ1v) is 8.39. The maximum absolute atomic E-state index is 12.3. The zero-order valence-corrected chi connectivity index (χ0v) is 15.4. The minimum Gasteiger partial charge on any atom is -0.497 e. The lowest BCUT2D eigenvalue weighted by atomic mass is 10.1. The number of anilines is 1. The summed E-state index contributed by atoms with van der Waals surface area (Å²) < 4.78 is 7.48. The number of hydrogen-bond donors (Lipinski definition) is 1. The summed E-state index contributed by atoms with van der Waals surface area (Å²) in [6, 6.07) is 9.07.